The molecular weight excluding hydrogens is 312 g/mol. The summed E-state index contributed by atoms with van der Waals surface area (Å²) in [5.41, 5.74) is 3.26. The smallest absolute Gasteiger partial charge is 0.258 e. The number of hydrogen-bond acceptors (Lipinski definition) is 4. The Hall–Kier alpha value is -2.84. The van der Waals surface area contributed by atoms with Gasteiger partial charge >= 0.3 is 0 Å². The van der Waals surface area contributed by atoms with Crippen molar-refractivity contribution < 1.29 is 0 Å². The molecule has 0 aliphatic heterocycles. The Morgan fingerprint density at radius 1 is 1.30 bits per heavy atom. The van der Waals surface area contributed by atoms with Crippen LogP contribution in [0.1, 0.15) is 16.8 Å². The summed E-state index contributed by atoms with van der Waals surface area (Å²) in [7, 11) is 0. The standard InChI is InChI=1S/C17H13ClN4O/c1-11-2-5-16-21-14(7-17(23)22(16)10-11)9-20-13-3-4-15(18)12(6-13)8-19/h2-7,10,20H,9H2,1H3. The first-order chi connectivity index (χ1) is 11.1. The lowest BCUT2D eigenvalue weighted by Crippen LogP contribution is -2.17. The van der Waals surface area contributed by atoms with E-state index in [1.54, 1.807) is 24.4 Å². The zero-order valence-electron chi connectivity index (χ0n) is 12.4. The van der Waals surface area contributed by atoms with Crippen LogP contribution < -0.4 is 10.9 Å². The molecule has 0 atom stereocenters. The number of nitrogens with zero attached hydrogens (tertiary/aromatic N) is 3. The largest absolute Gasteiger partial charge is 0.379 e. The van der Waals surface area contributed by atoms with Gasteiger partial charge < -0.3 is 5.32 Å². The highest BCUT2D eigenvalue weighted by Gasteiger charge is 2.04. The number of aryl methyl sites for hydroxylation is 1. The van der Waals surface area contributed by atoms with E-state index < -0.39 is 0 Å². The molecule has 5 nitrogen and oxygen atoms in total. The number of benzene rings is 1. The SMILES string of the molecule is Cc1ccc2nc(CNc3ccc(Cl)c(C#N)c3)cc(=O)n2c1. The minimum absolute atomic E-state index is 0.121. The number of aromatic nitrogens is 2. The molecule has 114 valence electrons. The van der Waals surface area contributed by atoms with E-state index in [9.17, 15) is 4.79 Å². The molecule has 0 saturated carbocycles. The van der Waals surface area contributed by atoms with Crippen molar-refractivity contribution in [2.75, 3.05) is 5.32 Å². The van der Waals surface area contributed by atoms with Gasteiger partial charge in [-0.15, -0.1) is 0 Å². The maximum Gasteiger partial charge on any atom is 0.258 e. The third-order valence-electron chi connectivity index (χ3n) is 3.42. The van der Waals surface area contributed by atoms with Crippen molar-refractivity contribution in [3.8, 4) is 6.07 Å². The first kappa shape index (κ1) is 15.1. The van der Waals surface area contributed by atoms with Crippen LogP contribution in [-0.4, -0.2) is 9.38 Å². The topological polar surface area (TPSA) is 70.2 Å². The van der Waals surface area contributed by atoms with Crippen molar-refractivity contribution in [1.29, 1.82) is 5.26 Å². The van der Waals surface area contributed by atoms with Crippen molar-refractivity contribution in [2.24, 2.45) is 0 Å². The minimum Gasteiger partial charge on any atom is -0.379 e. The highest BCUT2D eigenvalue weighted by atomic mass is 35.5. The van der Waals surface area contributed by atoms with Gasteiger partial charge in [0, 0.05) is 18.0 Å². The molecule has 3 aromatic rings. The predicted molar refractivity (Wildman–Crippen MR) is 89.7 cm³/mol. The molecular formula is C17H13ClN4O. The lowest BCUT2D eigenvalue weighted by atomic mass is 10.2. The molecule has 3 rings (SSSR count). The second-order valence-electron chi connectivity index (χ2n) is 5.18. The van der Waals surface area contributed by atoms with Gasteiger partial charge in [0.1, 0.15) is 11.7 Å². The fraction of sp³-hybridized carbons (Fsp3) is 0.118. The van der Waals surface area contributed by atoms with Crippen LogP contribution in [0.25, 0.3) is 5.65 Å². The quantitative estimate of drug-likeness (QED) is 0.803. The Balaban J connectivity index is 1.86. The van der Waals surface area contributed by atoms with Crippen LogP contribution in [0.5, 0.6) is 0 Å². The molecule has 0 aliphatic rings. The van der Waals surface area contributed by atoms with Crippen molar-refractivity contribution >= 4 is 22.9 Å². The molecule has 0 bridgehead atoms. The van der Waals surface area contributed by atoms with E-state index in [0.717, 1.165) is 11.3 Å². The summed E-state index contributed by atoms with van der Waals surface area (Å²) in [5.74, 6) is 0. The number of pyridine rings is 1. The maximum absolute atomic E-state index is 12.1. The van der Waals surface area contributed by atoms with Gasteiger partial charge in [-0.1, -0.05) is 17.7 Å². The van der Waals surface area contributed by atoms with E-state index in [1.165, 1.54) is 10.5 Å². The van der Waals surface area contributed by atoms with Gasteiger partial charge in [-0.05, 0) is 36.8 Å². The number of anilines is 1. The van der Waals surface area contributed by atoms with Gasteiger partial charge in [-0.3, -0.25) is 9.20 Å². The van der Waals surface area contributed by atoms with Gasteiger partial charge in [0.2, 0.25) is 0 Å². The van der Waals surface area contributed by atoms with Gasteiger partial charge in [0.15, 0.2) is 0 Å². The second-order valence-corrected chi connectivity index (χ2v) is 5.59. The molecule has 0 radical (unpaired) electrons. The van der Waals surface area contributed by atoms with E-state index in [2.05, 4.69) is 10.3 Å². The van der Waals surface area contributed by atoms with Gasteiger partial charge in [-0.2, -0.15) is 5.26 Å². The third-order valence-corrected chi connectivity index (χ3v) is 3.75. The summed E-state index contributed by atoms with van der Waals surface area (Å²) in [4.78, 5) is 16.6. The molecule has 0 fully saturated rings. The van der Waals surface area contributed by atoms with Crippen LogP contribution in [0.15, 0.2) is 47.4 Å². The van der Waals surface area contributed by atoms with E-state index in [0.29, 0.717) is 28.5 Å². The number of nitriles is 1. The zero-order chi connectivity index (χ0) is 16.4. The molecule has 6 heteroatoms. The van der Waals surface area contributed by atoms with Crippen LogP contribution in [-0.2, 0) is 6.54 Å². The predicted octanol–water partition coefficient (Wildman–Crippen LogP) is 3.14. The van der Waals surface area contributed by atoms with Crippen LogP contribution >= 0.6 is 11.6 Å². The number of nitrogens with one attached hydrogen (secondary N) is 1. The third kappa shape index (κ3) is 3.17. The fourth-order valence-electron chi connectivity index (χ4n) is 2.26. The molecule has 0 unspecified atom stereocenters. The van der Waals surface area contributed by atoms with Crippen LogP contribution in [0.2, 0.25) is 5.02 Å². The molecule has 0 amide bonds. The number of fused-ring (bicyclic) bond motifs is 1. The van der Waals surface area contributed by atoms with Crippen LogP contribution in [0.3, 0.4) is 0 Å². The summed E-state index contributed by atoms with van der Waals surface area (Å²) >= 11 is 5.91. The summed E-state index contributed by atoms with van der Waals surface area (Å²) in [5, 5.41) is 12.5. The summed E-state index contributed by atoms with van der Waals surface area (Å²) in [6, 6.07) is 12.4. The van der Waals surface area contributed by atoms with E-state index in [1.807, 2.05) is 25.1 Å². The molecule has 1 aromatic carbocycles. The van der Waals surface area contributed by atoms with Crippen molar-refractivity contribution in [3.63, 3.8) is 0 Å². The van der Waals surface area contributed by atoms with Crippen molar-refractivity contribution in [2.45, 2.75) is 13.5 Å². The second kappa shape index (κ2) is 6.11. The highest BCUT2D eigenvalue weighted by Crippen LogP contribution is 2.20. The van der Waals surface area contributed by atoms with Gasteiger partial charge in [0.25, 0.3) is 5.56 Å². The molecule has 0 spiro atoms. The van der Waals surface area contributed by atoms with E-state index >= 15 is 0 Å². The first-order valence-corrected chi connectivity index (χ1v) is 7.37. The Labute approximate surface area is 137 Å². The molecule has 2 aromatic heterocycles. The van der Waals surface area contributed by atoms with Crippen molar-refractivity contribution in [1.82, 2.24) is 9.38 Å². The molecule has 1 N–H and O–H groups in total. The van der Waals surface area contributed by atoms with Gasteiger partial charge in [-0.25, -0.2) is 4.98 Å². The lowest BCUT2D eigenvalue weighted by molar-refractivity contribution is 0.965. The Morgan fingerprint density at radius 3 is 2.91 bits per heavy atom. The minimum atomic E-state index is -0.121. The highest BCUT2D eigenvalue weighted by molar-refractivity contribution is 6.31. The molecule has 2 heterocycles. The van der Waals surface area contributed by atoms with Crippen LogP contribution in [0.4, 0.5) is 5.69 Å². The number of hydrogen-bond donors (Lipinski definition) is 1. The normalized spacial score (nSPS) is 10.5. The van der Waals surface area contributed by atoms with Gasteiger partial charge in [0.05, 0.1) is 22.8 Å². The first-order valence-electron chi connectivity index (χ1n) is 6.99. The molecule has 0 saturated heterocycles. The molecule has 0 aliphatic carbocycles. The van der Waals surface area contributed by atoms with Crippen molar-refractivity contribution in [3.05, 3.63) is 74.8 Å². The lowest BCUT2D eigenvalue weighted by Gasteiger charge is -2.08. The summed E-state index contributed by atoms with van der Waals surface area (Å²) in [6.07, 6.45) is 1.76. The number of rotatable bonds is 3. The monoisotopic (exact) mass is 324 g/mol. The maximum atomic E-state index is 12.1. The van der Waals surface area contributed by atoms with E-state index in [4.69, 9.17) is 16.9 Å². The Kier molecular flexibility index (Phi) is 4.00. The molecule has 23 heavy (non-hydrogen) atoms. The fourth-order valence-corrected chi connectivity index (χ4v) is 2.42. The Bertz CT molecular complexity index is 988. The van der Waals surface area contributed by atoms with E-state index in [-0.39, 0.29) is 5.56 Å². The Morgan fingerprint density at radius 2 is 2.13 bits per heavy atom. The van der Waals surface area contributed by atoms with Crippen LogP contribution in [0, 0.1) is 18.3 Å². The summed E-state index contributed by atoms with van der Waals surface area (Å²) in [6.45, 7) is 2.31. The number of halogens is 1. The average molecular weight is 325 g/mol. The summed E-state index contributed by atoms with van der Waals surface area (Å²) < 4.78 is 1.52. The zero-order valence-corrected chi connectivity index (χ0v) is 13.1. The average Bonchev–Trinajstić information content (AvgIpc) is 2.55.